The highest BCUT2D eigenvalue weighted by Crippen LogP contribution is 2.42. The van der Waals surface area contributed by atoms with E-state index in [1.807, 2.05) is 6.92 Å². The summed E-state index contributed by atoms with van der Waals surface area (Å²) >= 11 is 0. The van der Waals surface area contributed by atoms with E-state index in [1.165, 1.54) is 26.5 Å². The number of hydrogen-bond acceptors (Lipinski definition) is 6. The lowest BCUT2D eigenvalue weighted by Gasteiger charge is -2.13. The van der Waals surface area contributed by atoms with E-state index in [2.05, 4.69) is 0 Å². The van der Waals surface area contributed by atoms with Gasteiger partial charge in [0, 0.05) is 12.1 Å². The second-order valence-electron chi connectivity index (χ2n) is 5.18. The van der Waals surface area contributed by atoms with Crippen molar-refractivity contribution in [1.29, 1.82) is 0 Å². The minimum absolute atomic E-state index is 0.235. The molecular formula is C18H16O6. The van der Waals surface area contributed by atoms with Gasteiger partial charge in [-0.3, -0.25) is 4.79 Å². The fourth-order valence-corrected chi connectivity index (χ4v) is 2.65. The van der Waals surface area contributed by atoms with Crippen molar-refractivity contribution < 1.29 is 23.4 Å². The SMILES string of the molecule is C/C=C/c1cc(=O)c([C@@H]2OC(=O)c3cc(OC)cc(OC)c32)co1. The van der Waals surface area contributed by atoms with Crippen LogP contribution in [0.5, 0.6) is 11.5 Å². The van der Waals surface area contributed by atoms with Gasteiger partial charge in [-0.1, -0.05) is 6.08 Å². The molecule has 1 aromatic carbocycles. The van der Waals surface area contributed by atoms with Gasteiger partial charge in [0.1, 0.15) is 23.5 Å². The molecule has 24 heavy (non-hydrogen) atoms. The molecule has 6 nitrogen and oxygen atoms in total. The van der Waals surface area contributed by atoms with Crippen molar-refractivity contribution in [3.8, 4) is 11.5 Å². The summed E-state index contributed by atoms with van der Waals surface area (Å²) in [6.45, 7) is 1.82. The summed E-state index contributed by atoms with van der Waals surface area (Å²) < 4.78 is 21.3. The van der Waals surface area contributed by atoms with Gasteiger partial charge in [-0.2, -0.15) is 0 Å². The summed E-state index contributed by atoms with van der Waals surface area (Å²) in [5, 5.41) is 0. The molecule has 0 unspecified atom stereocenters. The largest absolute Gasteiger partial charge is 0.497 e. The van der Waals surface area contributed by atoms with E-state index >= 15 is 0 Å². The molecular weight excluding hydrogens is 312 g/mol. The minimum Gasteiger partial charge on any atom is -0.497 e. The fourth-order valence-electron chi connectivity index (χ4n) is 2.65. The third-order valence-corrected chi connectivity index (χ3v) is 3.77. The Balaban J connectivity index is 2.14. The van der Waals surface area contributed by atoms with Crippen molar-refractivity contribution >= 4 is 12.0 Å². The van der Waals surface area contributed by atoms with Crippen LogP contribution >= 0.6 is 0 Å². The number of esters is 1. The second kappa shape index (κ2) is 6.23. The molecule has 0 amide bonds. The molecule has 6 heteroatoms. The second-order valence-corrected chi connectivity index (χ2v) is 5.18. The van der Waals surface area contributed by atoms with Crippen molar-refractivity contribution in [3.05, 3.63) is 63.2 Å². The Labute approximate surface area is 138 Å². The zero-order valence-corrected chi connectivity index (χ0v) is 13.5. The maximum absolute atomic E-state index is 12.4. The number of carbonyl (C=O) groups excluding carboxylic acids is 1. The van der Waals surface area contributed by atoms with Crippen LogP contribution in [0.4, 0.5) is 0 Å². The molecule has 0 radical (unpaired) electrons. The first kappa shape index (κ1) is 15.9. The highest BCUT2D eigenvalue weighted by Gasteiger charge is 2.37. The number of carbonyl (C=O) groups is 1. The van der Waals surface area contributed by atoms with Gasteiger partial charge in [-0.25, -0.2) is 4.79 Å². The summed E-state index contributed by atoms with van der Waals surface area (Å²) in [5.41, 5.74) is 0.763. The molecule has 1 atom stereocenters. The van der Waals surface area contributed by atoms with Crippen LogP contribution in [-0.2, 0) is 4.74 Å². The Hall–Kier alpha value is -3.02. The number of fused-ring (bicyclic) bond motifs is 1. The Morgan fingerprint density at radius 2 is 1.92 bits per heavy atom. The monoisotopic (exact) mass is 328 g/mol. The van der Waals surface area contributed by atoms with Crippen molar-refractivity contribution in [3.63, 3.8) is 0 Å². The first-order chi connectivity index (χ1) is 11.6. The molecule has 0 saturated carbocycles. The van der Waals surface area contributed by atoms with Crippen LogP contribution in [0.15, 0.2) is 39.7 Å². The first-order valence-corrected chi connectivity index (χ1v) is 7.31. The summed E-state index contributed by atoms with van der Waals surface area (Å²) in [6, 6.07) is 4.57. The lowest BCUT2D eigenvalue weighted by molar-refractivity contribution is 0.0450. The van der Waals surface area contributed by atoms with Gasteiger partial charge in [0.05, 0.1) is 30.9 Å². The smallest absolute Gasteiger partial charge is 0.339 e. The topological polar surface area (TPSA) is 75.0 Å². The van der Waals surface area contributed by atoms with Crippen LogP contribution < -0.4 is 14.9 Å². The summed E-state index contributed by atoms with van der Waals surface area (Å²) in [6.07, 6.45) is 3.88. The molecule has 2 heterocycles. The third kappa shape index (κ3) is 2.56. The highest BCUT2D eigenvalue weighted by atomic mass is 16.6. The number of rotatable bonds is 4. The Kier molecular flexibility index (Phi) is 4.12. The number of hydrogen-bond donors (Lipinski definition) is 0. The van der Waals surface area contributed by atoms with Gasteiger partial charge >= 0.3 is 5.97 Å². The van der Waals surface area contributed by atoms with Crippen molar-refractivity contribution in [2.45, 2.75) is 13.0 Å². The van der Waals surface area contributed by atoms with Crippen LogP contribution in [0.1, 0.15) is 40.3 Å². The molecule has 0 fully saturated rings. The molecule has 124 valence electrons. The summed E-state index contributed by atoms with van der Waals surface area (Å²) in [5.74, 6) is 0.775. The molecule has 1 aliphatic rings. The van der Waals surface area contributed by atoms with Gasteiger partial charge in [-0.05, 0) is 19.1 Å². The van der Waals surface area contributed by atoms with Crippen molar-refractivity contribution in [2.75, 3.05) is 14.2 Å². The van der Waals surface area contributed by atoms with Gasteiger partial charge in [0.25, 0.3) is 0 Å². The molecule has 3 rings (SSSR count). The van der Waals surface area contributed by atoms with Gasteiger partial charge < -0.3 is 18.6 Å². The average Bonchev–Trinajstić information content (AvgIpc) is 2.91. The zero-order valence-electron chi connectivity index (χ0n) is 13.5. The number of ether oxygens (including phenoxy) is 3. The van der Waals surface area contributed by atoms with E-state index < -0.39 is 12.1 Å². The predicted molar refractivity (Wildman–Crippen MR) is 86.5 cm³/mol. The Bertz CT molecular complexity index is 878. The van der Waals surface area contributed by atoms with Crippen LogP contribution in [-0.4, -0.2) is 20.2 Å². The zero-order chi connectivity index (χ0) is 17.3. The standard InChI is InChI=1S/C18H16O6/c1-4-5-10-7-14(19)13(9-23-10)17-16-12(18(20)24-17)6-11(21-2)8-15(16)22-3/h4-9,17H,1-3H3/b5-4+/t17-/m0/s1. The maximum Gasteiger partial charge on any atom is 0.339 e. The third-order valence-electron chi connectivity index (χ3n) is 3.77. The molecule has 2 aromatic rings. The van der Waals surface area contributed by atoms with E-state index in [0.29, 0.717) is 28.4 Å². The van der Waals surface area contributed by atoms with E-state index in [1.54, 1.807) is 24.3 Å². The summed E-state index contributed by atoms with van der Waals surface area (Å²) in [7, 11) is 2.97. The maximum atomic E-state index is 12.4. The van der Waals surface area contributed by atoms with Crippen molar-refractivity contribution in [2.24, 2.45) is 0 Å². The number of cyclic esters (lactones) is 1. The van der Waals surface area contributed by atoms with Crippen LogP contribution in [0.2, 0.25) is 0 Å². The number of allylic oxidation sites excluding steroid dienone is 1. The van der Waals surface area contributed by atoms with E-state index in [9.17, 15) is 9.59 Å². The number of methoxy groups -OCH3 is 2. The van der Waals surface area contributed by atoms with Gasteiger partial charge in [0.2, 0.25) is 0 Å². The molecule has 1 aliphatic heterocycles. The van der Waals surface area contributed by atoms with Crippen LogP contribution in [0.3, 0.4) is 0 Å². The number of benzene rings is 1. The highest BCUT2D eigenvalue weighted by molar-refractivity contribution is 5.96. The lowest BCUT2D eigenvalue weighted by atomic mass is 9.98. The van der Waals surface area contributed by atoms with E-state index in [-0.39, 0.29) is 11.0 Å². The summed E-state index contributed by atoms with van der Waals surface area (Å²) in [4.78, 5) is 24.6. The van der Waals surface area contributed by atoms with Gasteiger partial charge in [0.15, 0.2) is 11.5 Å². The normalized spacial score (nSPS) is 16.1. The molecule has 0 aliphatic carbocycles. The van der Waals surface area contributed by atoms with Crippen molar-refractivity contribution in [1.82, 2.24) is 0 Å². The molecule has 0 saturated heterocycles. The Morgan fingerprint density at radius 1 is 1.12 bits per heavy atom. The predicted octanol–water partition coefficient (Wildman–Crippen LogP) is 2.95. The Morgan fingerprint density at radius 3 is 2.54 bits per heavy atom. The van der Waals surface area contributed by atoms with E-state index in [4.69, 9.17) is 18.6 Å². The molecule has 0 bridgehead atoms. The molecule has 1 aromatic heterocycles. The quantitative estimate of drug-likeness (QED) is 0.803. The lowest BCUT2D eigenvalue weighted by Crippen LogP contribution is -2.14. The van der Waals surface area contributed by atoms with Gasteiger partial charge in [-0.15, -0.1) is 0 Å². The van der Waals surface area contributed by atoms with E-state index in [0.717, 1.165) is 0 Å². The van der Waals surface area contributed by atoms with Crippen LogP contribution in [0, 0.1) is 0 Å². The fraction of sp³-hybridized carbons (Fsp3) is 0.222. The average molecular weight is 328 g/mol. The van der Waals surface area contributed by atoms with Crippen LogP contribution in [0.25, 0.3) is 6.08 Å². The first-order valence-electron chi connectivity index (χ1n) is 7.31. The minimum atomic E-state index is -0.871. The molecule has 0 N–H and O–H groups in total. The molecule has 0 spiro atoms.